The number of aryl methyl sites for hydroxylation is 2. The molecule has 2 saturated heterocycles. The third kappa shape index (κ3) is 3.59. The van der Waals surface area contributed by atoms with Crippen LogP contribution in [-0.2, 0) is 0 Å². The Hall–Kier alpha value is -3.42. The molecular weight excluding hydrogens is 412 g/mol. The maximum Gasteiger partial charge on any atom is 0.257 e. The van der Waals surface area contributed by atoms with Crippen molar-refractivity contribution in [1.29, 1.82) is 0 Å². The molecule has 2 aliphatic rings. The SMILES string of the molecule is Cc1cc(C)nc(N2CC3CN(C(=O)c4c(F)cccc4-c4ncccc4F)CC3C2)n1. The van der Waals surface area contributed by atoms with E-state index in [0.29, 0.717) is 13.1 Å². The van der Waals surface area contributed by atoms with Gasteiger partial charge in [-0.15, -0.1) is 0 Å². The molecule has 2 aliphatic heterocycles. The summed E-state index contributed by atoms with van der Waals surface area (Å²) in [6.45, 7) is 6.43. The highest BCUT2D eigenvalue weighted by Gasteiger charge is 2.43. The minimum atomic E-state index is -0.667. The van der Waals surface area contributed by atoms with Crippen molar-refractivity contribution in [3.63, 3.8) is 0 Å². The van der Waals surface area contributed by atoms with Crippen LogP contribution in [0, 0.1) is 37.3 Å². The molecule has 1 amide bonds. The van der Waals surface area contributed by atoms with Gasteiger partial charge >= 0.3 is 0 Å². The first kappa shape index (κ1) is 20.5. The van der Waals surface area contributed by atoms with Gasteiger partial charge in [0.05, 0.1) is 5.56 Å². The van der Waals surface area contributed by atoms with E-state index in [4.69, 9.17) is 0 Å². The van der Waals surface area contributed by atoms with Gasteiger partial charge in [-0.25, -0.2) is 18.7 Å². The fraction of sp³-hybridized carbons (Fsp3) is 0.333. The van der Waals surface area contributed by atoms with Crippen LogP contribution in [0.2, 0.25) is 0 Å². The summed E-state index contributed by atoms with van der Waals surface area (Å²) in [6.07, 6.45) is 1.43. The van der Waals surface area contributed by atoms with Gasteiger partial charge in [-0.1, -0.05) is 12.1 Å². The van der Waals surface area contributed by atoms with Gasteiger partial charge in [0.25, 0.3) is 5.91 Å². The van der Waals surface area contributed by atoms with E-state index < -0.39 is 17.5 Å². The largest absolute Gasteiger partial charge is 0.340 e. The predicted molar refractivity (Wildman–Crippen MR) is 116 cm³/mol. The molecule has 2 fully saturated rings. The maximum absolute atomic E-state index is 14.8. The smallest absolute Gasteiger partial charge is 0.257 e. The molecule has 8 heteroatoms. The van der Waals surface area contributed by atoms with E-state index in [0.717, 1.165) is 30.4 Å². The average molecular weight is 435 g/mol. The number of amides is 1. The van der Waals surface area contributed by atoms with Crippen molar-refractivity contribution in [2.75, 3.05) is 31.1 Å². The summed E-state index contributed by atoms with van der Waals surface area (Å²) in [6, 6.07) is 8.90. The van der Waals surface area contributed by atoms with Crippen LogP contribution in [0.5, 0.6) is 0 Å². The highest BCUT2D eigenvalue weighted by molar-refractivity contribution is 6.01. The second-order valence-electron chi connectivity index (χ2n) is 8.58. The molecule has 1 aromatic carbocycles. The number of fused-ring (bicyclic) bond motifs is 1. The Labute approximate surface area is 184 Å². The fourth-order valence-corrected chi connectivity index (χ4v) is 4.85. The Morgan fingerprint density at radius 2 is 1.59 bits per heavy atom. The highest BCUT2D eigenvalue weighted by atomic mass is 19.1. The predicted octanol–water partition coefficient (Wildman–Crippen LogP) is 3.64. The van der Waals surface area contributed by atoms with Gasteiger partial charge in [0.2, 0.25) is 5.95 Å². The lowest BCUT2D eigenvalue weighted by atomic mass is 10.0. The molecule has 164 valence electrons. The van der Waals surface area contributed by atoms with Gasteiger partial charge in [-0.2, -0.15) is 0 Å². The van der Waals surface area contributed by atoms with Crippen molar-refractivity contribution in [3.05, 3.63) is 71.2 Å². The van der Waals surface area contributed by atoms with Gasteiger partial charge in [0.1, 0.15) is 17.3 Å². The van der Waals surface area contributed by atoms with E-state index >= 15 is 0 Å². The number of halogens is 2. The molecule has 6 nitrogen and oxygen atoms in total. The molecule has 2 unspecified atom stereocenters. The molecule has 32 heavy (non-hydrogen) atoms. The minimum absolute atomic E-state index is 0.0205. The van der Waals surface area contributed by atoms with E-state index in [-0.39, 0.29) is 28.7 Å². The average Bonchev–Trinajstić information content (AvgIpc) is 3.32. The maximum atomic E-state index is 14.8. The summed E-state index contributed by atoms with van der Waals surface area (Å²) < 4.78 is 29.1. The molecular formula is C24H23F2N5O. The molecule has 0 bridgehead atoms. The molecule has 2 atom stereocenters. The number of anilines is 1. The number of likely N-dealkylation sites (tertiary alicyclic amines) is 1. The normalized spacial score (nSPS) is 20.0. The summed E-state index contributed by atoms with van der Waals surface area (Å²) in [5.41, 5.74) is 1.88. The van der Waals surface area contributed by atoms with Crippen LogP contribution in [-0.4, -0.2) is 51.9 Å². The van der Waals surface area contributed by atoms with Crippen LogP contribution in [0.1, 0.15) is 21.7 Å². The Morgan fingerprint density at radius 1 is 0.938 bits per heavy atom. The number of hydrogen-bond acceptors (Lipinski definition) is 5. The van der Waals surface area contributed by atoms with Crippen LogP contribution in [0.25, 0.3) is 11.3 Å². The van der Waals surface area contributed by atoms with Crippen molar-refractivity contribution in [1.82, 2.24) is 19.9 Å². The Balaban J connectivity index is 1.37. The highest BCUT2D eigenvalue weighted by Crippen LogP contribution is 2.35. The molecule has 0 saturated carbocycles. The molecule has 0 spiro atoms. The summed E-state index contributed by atoms with van der Waals surface area (Å²) in [4.78, 5) is 30.3. The quantitative estimate of drug-likeness (QED) is 0.629. The Kier molecular flexibility index (Phi) is 5.07. The van der Waals surface area contributed by atoms with Gasteiger partial charge in [0.15, 0.2) is 0 Å². The summed E-state index contributed by atoms with van der Waals surface area (Å²) in [5, 5.41) is 0. The van der Waals surface area contributed by atoms with Gasteiger partial charge in [0, 0.05) is 61.2 Å². The lowest BCUT2D eigenvalue weighted by molar-refractivity contribution is 0.0778. The number of nitrogens with zero attached hydrogens (tertiary/aromatic N) is 5. The number of hydrogen-bond donors (Lipinski definition) is 0. The molecule has 2 aromatic heterocycles. The number of aromatic nitrogens is 3. The molecule has 0 N–H and O–H groups in total. The van der Waals surface area contributed by atoms with Crippen molar-refractivity contribution in [2.24, 2.45) is 11.8 Å². The van der Waals surface area contributed by atoms with Crippen molar-refractivity contribution >= 4 is 11.9 Å². The van der Waals surface area contributed by atoms with Gasteiger partial charge < -0.3 is 9.80 Å². The summed E-state index contributed by atoms with van der Waals surface area (Å²) in [7, 11) is 0. The van der Waals surface area contributed by atoms with E-state index in [9.17, 15) is 13.6 Å². The second-order valence-corrected chi connectivity index (χ2v) is 8.58. The van der Waals surface area contributed by atoms with Crippen molar-refractivity contribution < 1.29 is 13.6 Å². The van der Waals surface area contributed by atoms with Crippen LogP contribution < -0.4 is 4.90 Å². The third-order valence-corrected chi connectivity index (χ3v) is 6.27. The minimum Gasteiger partial charge on any atom is -0.340 e. The zero-order chi connectivity index (χ0) is 22.4. The van der Waals surface area contributed by atoms with Gasteiger partial charge in [-0.3, -0.25) is 9.78 Å². The fourth-order valence-electron chi connectivity index (χ4n) is 4.85. The van der Waals surface area contributed by atoms with E-state index in [1.54, 1.807) is 4.90 Å². The monoisotopic (exact) mass is 435 g/mol. The van der Waals surface area contributed by atoms with Crippen molar-refractivity contribution in [3.8, 4) is 11.3 Å². The third-order valence-electron chi connectivity index (χ3n) is 6.27. The summed E-state index contributed by atoms with van der Waals surface area (Å²) in [5.74, 6) is -0.451. The first-order valence-corrected chi connectivity index (χ1v) is 10.7. The number of pyridine rings is 1. The van der Waals surface area contributed by atoms with Crippen LogP contribution in [0.4, 0.5) is 14.7 Å². The van der Waals surface area contributed by atoms with Crippen LogP contribution in [0.3, 0.4) is 0 Å². The Morgan fingerprint density at radius 3 is 2.25 bits per heavy atom. The van der Waals surface area contributed by atoms with E-state index in [1.165, 1.54) is 36.5 Å². The zero-order valence-corrected chi connectivity index (χ0v) is 17.9. The van der Waals surface area contributed by atoms with Crippen molar-refractivity contribution in [2.45, 2.75) is 13.8 Å². The molecule has 3 aromatic rings. The number of benzene rings is 1. The molecule has 0 aliphatic carbocycles. The lowest BCUT2D eigenvalue weighted by Gasteiger charge is -2.23. The topological polar surface area (TPSA) is 62.2 Å². The zero-order valence-electron chi connectivity index (χ0n) is 17.9. The first-order valence-electron chi connectivity index (χ1n) is 10.7. The number of carbonyl (C=O) groups excluding carboxylic acids is 1. The van der Waals surface area contributed by atoms with E-state index in [2.05, 4.69) is 19.9 Å². The lowest BCUT2D eigenvalue weighted by Crippen LogP contribution is -2.34. The molecule has 5 rings (SSSR count). The first-order chi connectivity index (χ1) is 15.4. The Bertz CT molecular complexity index is 1170. The standard InChI is InChI=1S/C24H23F2N5O/c1-14-9-15(2)29-24(28-14)31-12-16-10-30(11-17(16)13-31)23(32)21-18(5-3-6-19(21)25)22-20(26)7-4-8-27-22/h3-9,16-17H,10-13H2,1-2H3. The number of rotatable bonds is 3. The number of carbonyl (C=O) groups is 1. The van der Waals surface area contributed by atoms with Crippen LogP contribution in [0.15, 0.2) is 42.6 Å². The second kappa shape index (κ2) is 7.93. The molecule has 4 heterocycles. The van der Waals surface area contributed by atoms with E-state index in [1.807, 2.05) is 19.9 Å². The molecule has 0 radical (unpaired) electrons. The van der Waals surface area contributed by atoms with Gasteiger partial charge in [-0.05, 0) is 38.1 Å². The summed E-state index contributed by atoms with van der Waals surface area (Å²) >= 11 is 0. The van der Waals surface area contributed by atoms with Crippen LogP contribution >= 0.6 is 0 Å².